The molecule has 20 heavy (non-hydrogen) atoms. The number of amides is 1. The van der Waals surface area contributed by atoms with E-state index >= 15 is 0 Å². The second-order valence-corrected chi connectivity index (χ2v) is 5.17. The molecule has 0 spiro atoms. The molecule has 3 rings (SSSR count). The van der Waals surface area contributed by atoms with Gasteiger partial charge in [0.2, 0.25) is 0 Å². The first-order chi connectivity index (χ1) is 9.63. The number of carbonyl (C=O) groups is 1. The number of rotatable bonds is 3. The Morgan fingerprint density at radius 3 is 3.15 bits per heavy atom. The Labute approximate surface area is 121 Å². The van der Waals surface area contributed by atoms with Gasteiger partial charge in [0.15, 0.2) is 0 Å². The third-order valence-electron chi connectivity index (χ3n) is 3.23. The summed E-state index contributed by atoms with van der Waals surface area (Å²) >= 11 is 6.08. The van der Waals surface area contributed by atoms with Crippen molar-refractivity contribution >= 4 is 17.5 Å². The van der Waals surface area contributed by atoms with Gasteiger partial charge in [-0.25, -0.2) is 0 Å². The number of benzene rings is 1. The summed E-state index contributed by atoms with van der Waals surface area (Å²) in [5.41, 5.74) is 2.54. The first kappa shape index (κ1) is 13.0. The van der Waals surface area contributed by atoms with Gasteiger partial charge >= 0.3 is 0 Å². The second-order valence-electron chi connectivity index (χ2n) is 4.74. The van der Waals surface area contributed by atoms with E-state index < -0.39 is 0 Å². The Bertz CT molecular complexity index is 666. The zero-order chi connectivity index (χ0) is 14.1. The van der Waals surface area contributed by atoms with Crippen molar-refractivity contribution in [3.63, 3.8) is 0 Å². The van der Waals surface area contributed by atoms with E-state index in [0.717, 1.165) is 23.3 Å². The SMILES string of the molecule is Cn1cc(C(=O)NCc2cc(Cl)cc3c2OCC3)cn1. The van der Waals surface area contributed by atoms with Crippen LogP contribution >= 0.6 is 11.6 Å². The maximum absolute atomic E-state index is 12.0. The Morgan fingerprint density at radius 2 is 2.40 bits per heavy atom. The fourth-order valence-corrected chi connectivity index (χ4v) is 2.56. The number of fused-ring (bicyclic) bond motifs is 1. The number of halogens is 1. The Kier molecular flexibility index (Phi) is 3.36. The molecule has 0 atom stereocenters. The molecule has 1 aliphatic heterocycles. The van der Waals surface area contributed by atoms with Crippen molar-refractivity contribution in [3.05, 3.63) is 46.2 Å². The van der Waals surface area contributed by atoms with E-state index in [0.29, 0.717) is 23.7 Å². The molecule has 1 aromatic heterocycles. The van der Waals surface area contributed by atoms with Crippen LogP contribution in [0.15, 0.2) is 24.5 Å². The number of aryl methyl sites for hydroxylation is 1. The molecule has 0 fully saturated rings. The van der Waals surface area contributed by atoms with Crippen molar-refractivity contribution in [2.24, 2.45) is 7.05 Å². The smallest absolute Gasteiger partial charge is 0.254 e. The van der Waals surface area contributed by atoms with E-state index in [2.05, 4.69) is 10.4 Å². The van der Waals surface area contributed by atoms with E-state index in [1.54, 1.807) is 17.9 Å². The molecule has 0 aliphatic carbocycles. The van der Waals surface area contributed by atoms with Crippen LogP contribution in [-0.4, -0.2) is 22.3 Å². The normalized spacial score (nSPS) is 12.9. The molecule has 0 saturated heterocycles. The summed E-state index contributed by atoms with van der Waals surface area (Å²) < 4.78 is 7.19. The van der Waals surface area contributed by atoms with Crippen LogP contribution < -0.4 is 10.1 Å². The molecular weight excluding hydrogens is 278 g/mol. The average Bonchev–Trinajstić information content (AvgIpc) is 3.03. The predicted molar refractivity (Wildman–Crippen MR) is 75.0 cm³/mol. The lowest BCUT2D eigenvalue weighted by atomic mass is 10.1. The summed E-state index contributed by atoms with van der Waals surface area (Å²) in [6.07, 6.45) is 4.07. The number of nitrogens with zero attached hydrogens (tertiary/aromatic N) is 2. The molecule has 2 aromatic rings. The van der Waals surface area contributed by atoms with Crippen molar-refractivity contribution in [2.45, 2.75) is 13.0 Å². The van der Waals surface area contributed by atoms with Gasteiger partial charge in [0.25, 0.3) is 5.91 Å². The quantitative estimate of drug-likeness (QED) is 0.940. The minimum Gasteiger partial charge on any atom is -0.493 e. The lowest BCUT2D eigenvalue weighted by molar-refractivity contribution is 0.0950. The van der Waals surface area contributed by atoms with Gasteiger partial charge in [-0.1, -0.05) is 11.6 Å². The molecule has 1 aromatic carbocycles. The number of nitrogens with one attached hydrogen (secondary N) is 1. The highest BCUT2D eigenvalue weighted by atomic mass is 35.5. The van der Waals surface area contributed by atoms with Crippen LogP contribution in [0, 0.1) is 0 Å². The number of hydrogen-bond donors (Lipinski definition) is 1. The van der Waals surface area contributed by atoms with Crippen LogP contribution in [0.4, 0.5) is 0 Å². The van der Waals surface area contributed by atoms with E-state index in [1.165, 1.54) is 6.20 Å². The standard InChI is InChI=1S/C14H14ClN3O2/c1-18-8-11(7-17-18)14(19)16-6-10-5-12(15)4-9-2-3-20-13(9)10/h4-5,7-8H,2-3,6H2,1H3,(H,16,19). The fourth-order valence-electron chi connectivity index (χ4n) is 2.29. The van der Waals surface area contributed by atoms with Crippen LogP contribution in [0.5, 0.6) is 5.75 Å². The molecule has 0 unspecified atom stereocenters. The summed E-state index contributed by atoms with van der Waals surface area (Å²) in [6, 6.07) is 3.74. The molecular formula is C14H14ClN3O2. The number of carbonyl (C=O) groups excluding carboxylic acids is 1. The van der Waals surface area contributed by atoms with Gasteiger partial charge < -0.3 is 10.1 Å². The highest BCUT2D eigenvalue weighted by Gasteiger charge is 2.18. The number of aromatic nitrogens is 2. The zero-order valence-corrected chi connectivity index (χ0v) is 11.8. The average molecular weight is 292 g/mol. The molecule has 0 radical (unpaired) electrons. The van der Waals surface area contributed by atoms with E-state index in [-0.39, 0.29) is 5.91 Å². The van der Waals surface area contributed by atoms with Gasteiger partial charge in [0.1, 0.15) is 5.75 Å². The third kappa shape index (κ3) is 2.49. The maximum atomic E-state index is 12.0. The lowest BCUT2D eigenvalue weighted by Gasteiger charge is -2.09. The van der Waals surface area contributed by atoms with Gasteiger partial charge in [0.05, 0.1) is 18.4 Å². The topological polar surface area (TPSA) is 56.2 Å². The molecule has 5 nitrogen and oxygen atoms in total. The molecule has 0 saturated carbocycles. The van der Waals surface area contributed by atoms with Crippen LogP contribution in [0.25, 0.3) is 0 Å². The Morgan fingerprint density at radius 1 is 1.55 bits per heavy atom. The molecule has 1 N–H and O–H groups in total. The molecule has 0 bridgehead atoms. The monoisotopic (exact) mass is 291 g/mol. The summed E-state index contributed by atoms with van der Waals surface area (Å²) in [7, 11) is 1.77. The molecule has 2 heterocycles. The zero-order valence-electron chi connectivity index (χ0n) is 11.0. The van der Waals surface area contributed by atoms with Crippen molar-refractivity contribution in [2.75, 3.05) is 6.61 Å². The summed E-state index contributed by atoms with van der Waals surface area (Å²) in [5.74, 6) is 0.686. The number of ether oxygens (including phenoxy) is 1. The van der Waals surface area contributed by atoms with E-state index in [4.69, 9.17) is 16.3 Å². The van der Waals surface area contributed by atoms with Crippen LogP contribution in [0.2, 0.25) is 5.02 Å². The second kappa shape index (κ2) is 5.17. The number of hydrogen-bond acceptors (Lipinski definition) is 3. The summed E-state index contributed by atoms with van der Waals surface area (Å²) in [6.45, 7) is 1.05. The summed E-state index contributed by atoms with van der Waals surface area (Å²) in [5, 5.41) is 7.50. The van der Waals surface area contributed by atoms with Crippen LogP contribution in [-0.2, 0) is 20.0 Å². The predicted octanol–water partition coefficient (Wildman–Crippen LogP) is 1.94. The minimum absolute atomic E-state index is 0.162. The van der Waals surface area contributed by atoms with Crippen LogP contribution in [0.3, 0.4) is 0 Å². The summed E-state index contributed by atoms with van der Waals surface area (Å²) in [4.78, 5) is 12.0. The van der Waals surface area contributed by atoms with E-state index in [9.17, 15) is 4.79 Å². The van der Waals surface area contributed by atoms with E-state index in [1.807, 2.05) is 12.1 Å². The maximum Gasteiger partial charge on any atom is 0.254 e. The van der Waals surface area contributed by atoms with Crippen molar-refractivity contribution < 1.29 is 9.53 Å². The largest absolute Gasteiger partial charge is 0.493 e. The first-order valence-electron chi connectivity index (χ1n) is 6.34. The Balaban J connectivity index is 1.74. The van der Waals surface area contributed by atoms with Crippen LogP contribution in [0.1, 0.15) is 21.5 Å². The van der Waals surface area contributed by atoms with Crippen molar-refractivity contribution in [1.82, 2.24) is 15.1 Å². The Hall–Kier alpha value is -2.01. The van der Waals surface area contributed by atoms with Crippen molar-refractivity contribution in [1.29, 1.82) is 0 Å². The highest BCUT2D eigenvalue weighted by Crippen LogP contribution is 2.32. The highest BCUT2D eigenvalue weighted by molar-refractivity contribution is 6.30. The van der Waals surface area contributed by atoms with Gasteiger partial charge in [0, 0.05) is 36.8 Å². The first-order valence-corrected chi connectivity index (χ1v) is 6.72. The molecule has 1 aliphatic rings. The molecule has 1 amide bonds. The molecule has 6 heteroatoms. The van der Waals surface area contributed by atoms with Gasteiger partial charge in [-0.15, -0.1) is 0 Å². The van der Waals surface area contributed by atoms with Gasteiger partial charge in [-0.05, 0) is 17.7 Å². The van der Waals surface area contributed by atoms with Gasteiger partial charge in [-0.2, -0.15) is 5.10 Å². The third-order valence-corrected chi connectivity index (χ3v) is 3.45. The minimum atomic E-state index is -0.162. The molecule has 104 valence electrons. The fraction of sp³-hybridized carbons (Fsp3) is 0.286. The lowest BCUT2D eigenvalue weighted by Crippen LogP contribution is -2.22. The van der Waals surface area contributed by atoms with Crippen molar-refractivity contribution in [3.8, 4) is 5.75 Å². The van der Waals surface area contributed by atoms with Gasteiger partial charge in [-0.3, -0.25) is 9.48 Å².